The number of carbonyl (C=O) groups excluding carboxylic acids is 1. The minimum absolute atomic E-state index is 0.0856. The summed E-state index contributed by atoms with van der Waals surface area (Å²) in [6, 6.07) is 19.4. The van der Waals surface area contributed by atoms with E-state index >= 15 is 0 Å². The van der Waals surface area contributed by atoms with Gasteiger partial charge in [0.1, 0.15) is 0 Å². The second-order valence-electron chi connectivity index (χ2n) is 5.67. The molecule has 24 heavy (non-hydrogen) atoms. The molecule has 0 saturated carbocycles. The van der Waals surface area contributed by atoms with Crippen molar-refractivity contribution in [3.8, 4) is 0 Å². The Labute approximate surface area is 141 Å². The summed E-state index contributed by atoms with van der Waals surface area (Å²) in [5.74, 6) is -0.150. The fourth-order valence-corrected chi connectivity index (χ4v) is 2.71. The highest BCUT2D eigenvalue weighted by atomic mass is 16.6. The first-order valence-electron chi connectivity index (χ1n) is 7.99. The van der Waals surface area contributed by atoms with Crippen LogP contribution in [0.4, 0.5) is 0 Å². The highest BCUT2D eigenvalue weighted by molar-refractivity contribution is 6.04. The number of nitrogens with zero attached hydrogens (tertiary/aromatic N) is 2. The maximum absolute atomic E-state index is 12.7. The van der Waals surface area contributed by atoms with Crippen molar-refractivity contribution in [2.45, 2.75) is 19.1 Å². The van der Waals surface area contributed by atoms with Gasteiger partial charge >= 0.3 is 0 Å². The third-order valence-electron chi connectivity index (χ3n) is 3.95. The van der Waals surface area contributed by atoms with Gasteiger partial charge in [0.25, 0.3) is 5.91 Å². The Morgan fingerprint density at radius 2 is 1.79 bits per heavy atom. The van der Waals surface area contributed by atoms with Crippen molar-refractivity contribution in [1.29, 1.82) is 0 Å². The van der Waals surface area contributed by atoms with Crippen molar-refractivity contribution >= 4 is 11.6 Å². The zero-order valence-electron chi connectivity index (χ0n) is 13.3. The second-order valence-corrected chi connectivity index (χ2v) is 5.67. The molecule has 0 aromatic heterocycles. The van der Waals surface area contributed by atoms with E-state index in [1.807, 2.05) is 60.7 Å². The fraction of sp³-hybridized carbons (Fsp3) is 0.263. The van der Waals surface area contributed by atoms with Crippen molar-refractivity contribution in [3.63, 3.8) is 0 Å². The van der Waals surface area contributed by atoms with E-state index in [1.165, 1.54) is 0 Å². The van der Waals surface area contributed by atoms with E-state index in [0.717, 1.165) is 16.8 Å². The zero-order chi connectivity index (χ0) is 16.8. The molecule has 1 aliphatic rings. The number of aliphatic hydroxyl groups is 1. The van der Waals surface area contributed by atoms with Crippen LogP contribution in [0.3, 0.4) is 0 Å². The van der Waals surface area contributed by atoms with Crippen LogP contribution in [-0.2, 0) is 16.2 Å². The summed E-state index contributed by atoms with van der Waals surface area (Å²) < 4.78 is 0. The predicted octanol–water partition coefficient (Wildman–Crippen LogP) is 2.20. The number of carbonyl (C=O) groups is 1. The molecule has 1 aliphatic heterocycles. The first-order valence-corrected chi connectivity index (χ1v) is 7.99. The van der Waals surface area contributed by atoms with Crippen LogP contribution in [-0.4, -0.2) is 40.9 Å². The summed E-state index contributed by atoms with van der Waals surface area (Å²) in [6.45, 7) is 0.632. The number of amides is 1. The van der Waals surface area contributed by atoms with Crippen molar-refractivity contribution in [1.82, 2.24) is 4.90 Å². The summed E-state index contributed by atoms with van der Waals surface area (Å²) in [4.78, 5) is 19.7. The summed E-state index contributed by atoms with van der Waals surface area (Å²) in [5.41, 5.74) is 2.75. The van der Waals surface area contributed by atoms with Crippen LogP contribution in [0, 0.1) is 0 Å². The molecule has 1 N–H and O–H groups in total. The van der Waals surface area contributed by atoms with E-state index in [2.05, 4.69) is 5.16 Å². The lowest BCUT2D eigenvalue weighted by molar-refractivity contribution is -0.143. The molecule has 3 rings (SSSR count). The van der Waals surface area contributed by atoms with Gasteiger partial charge in [0.05, 0.1) is 12.3 Å². The molecule has 0 saturated heterocycles. The van der Waals surface area contributed by atoms with Gasteiger partial charge in [-0.2, -0.15) is 0 Å². The summed E-state index contributed by atoms with van der Waals surface area (Å²) >= 11 is 0. The highest BCUT2D eigenvalue weighted by Crippen LogP contribution is 2.19. The predicted molar refractivity (Wildman–Crippen MR) is 91.4 cm³/mol. The van der Waals surface area contributed by atoms with Crippen LogP contribution in [0.25, 0.3) is 0 Å². The number of hydrogen-bond acceptors (Lipinski definition) is 4. The fourth-order valence-electron chi connectivity index (χ4n) is 2.71. The van der Waals surface area contributed by atoms with Gasteiger partial charge in [-0.05, 0) is 11.1 Å². The molecule has 0 radical (unpaired) electrons. The molecule has 1 atom stereocenters. The first kappa shape index (κ1) is 16.2. The third-order valence-corrected chi connectivity index (χ3v) is 3.95. The highest BCUT2D eigenvalue weighted by Gasteiger charge is 2.32. The molecule has 0 fully saturated rings. The zero-order valence-corrected chi connectivity index (χ0v) is 13.3. The van der Waals surface area contributed by atoms with Crippen molar-refractivity contribution in [3.05, 3.63) is 71.8 Å². The van der Waals surface area contributed by atoms with Gasteiger partial charge in [-0.25, -0.2) is 0 Å². The van der Waals surface area contributed by atoms with Crippen LogP contribution < -0.4 is 0 Å². The molecule has 2 aromatic rings. The van der Waals surface area contributed by atoms with Crippen LogP contribution in [0.2, 0.25) is 0 Å². The largest absolute Gasteiger partial charge is 0.395 e. The average Bonchev–Trinajstić information content (AvgIpc) is 3.12. The summed E-state index contributed by atoms with van der Waals surface area (Å²) in [7, 11) is 0. The first-order chi connectivity index (χ1) is 11.8. The van der Waals surface area contributed by atoms with Crippen LogP contribution in [0.1, 0.15) is 17.5 Å². The monoisotopic (exact) mass is 324 g/mol. The van der Waals surface area contributed by atoms with Crippen LogP contribution in [0.15, 0.2) is 65.8 Å². The van der Waals surface area contributed by atoms with E-state index in [9.17, 15) is 9.90 Å². The quantitative estimate of drug-likeness (QED) is 0.886. The number of benzene rings is 2. The Bertz CT molecular complexity index is 701. The molecular weight excluding hydrogens is 304 g/mol. The minimum atomic E-state index is -0.629. The van der Waals surface area contributed by atoms with E-state index in [4.69, 9.17) is 4.84 Å². The molecule has 5 nitrogen and oxygen atoms in total. The SMILES string of the molecule is O=C(C1CC(c2ccccc2)=NO1)N(CCO)Cc1ccccc1. The third kappa shape index (κ3) is 3.81. The van der Waals surface area contributed by atoms with E-state index < -0.39 is 6.10 Å². The van der Waals surface area contributed by atoms with Crippen LogP contribution >= 0.6 is 0 Å². The van der Waals surface area contributed by atoms with Crippen LogP contribution in [0.5, 0.6) is 0 Å². The minimum Gasteiger partial charge on any atom is -0.395 e. The molecule has 0 spiro atoms. The Hall–Kier alpha value is -2.66. The Kier molecular flexibility index (Phi) is 5.23. The van der Waals surface area contributed by atoms with Gasteiger partial charge < -0.3 is 14.8 Å². The molecule has 1 heterocycles. The molecule has 1 amide bonds. The smallest absolute Gasteiger partial charge is 0.267 e. The van der Waals surface area contributed by atoms with Gasteiger partial charge in [0.2, 0.25) is 6.10 Å². The molecule has 0 bridgehead atoms. The normalized spacial score (nSPS) is 16.4. The van der Waals surface area contributed by atoms with Gasteiger partial charge in [-0.15, -0.1) is 0 Å². The lowest BCUT2D eigenvalue weighted by Crippen LogP contribution is -2.40. The van der Waals surface area contributed by atoms with Gasteiger partial charge in [-0.3, -0.25) is 4.79 Å². The number of oxime groups is 1. The number of hydrogen-bond donors (Lipinski definition) is 1. The molecule has 124 valence electrons. The Morgan fingerprint density at radius 3 is 2.46 bits per heavy atom. The van der Waals surface area contributed by atoms with E-state index in [1.54, 1.807) is 4.90 Å². The molecule has 5 heteroatoms. The van der Waals surface area contributed by atoms with Crippen molar-refractivity contribution < 1.29 is 14.7 Å². The van der Waals surface area contributed by atoms with Gasteiger partial charge in [0, 0.05) is 19.5 Å². The summed E-state index contributed by atoms with van der Waals surface area (Å²) in [5, 5.41) is 13.3. The molecular formula is C19H20N2O3. The second kappa shape index (κ2) is 7.75. The Balaban J connectivity index is 1.66. The molecule has 0 aliphatic carbocycles. The molecule has 1 unspecified atom stereocenters. The topological polar surface area (TPSA) is 62.1 Å². The Morgan fingerprint density at radius 1 is 1.12 bits per heavy atom. The maximum atomic E-state index is 12.7. The van der Waals surface area contributed by atoms with Crippen molar-refractivity contribution in [2.75, 3.05) is 13.2 Å². The van der Waals surface area contributed by atoms with Gasteiger partial charge in [0.15, 0.2) is 0 Å². The van der Waals surface area contributed by atoms with Gasteiger partial charge in [-0.1, -0.05) is 65.8 Å². The number of rotatable bonds is 6. The number of aliphatic hydroxyl groups excluding tert-OH is 1. The summed E-state index contributed by atoms with van der Waals surface area (Å²) in [6.07, 6.45) is -0.185. The lowest BCUT2D eigenvalue weighted by atomic mass is 10.0. The maximum Gasteiger partial charge on any atom is 0.267 e. The standard InChI is InChI=1S/C19H20N2O3/c22-12-11-21(14-15-7-3-1-4-8-15)19(23)18-13-17(20-24-18)16-9-5-2-6-10-16/h1-10,18,22H,11-14H2. The van der Waals surface area contributed by atoms with E-state index in [0.29, 0.717) is 13.0 Å². The molecule has 2 aromatic carbocycles. The van der Waals surface area contributed by atoms with E-state index in [-0.39, 0.29) is 19.1 Å². The lowest BCUT2D eigenvalue weighted by Gasteiger charge is -2.24. The average molecular weight is 324 g/mol. The van der Waals surface area contributed by atoms with Crippen molar-refractivity contribution in [2.24, 2.45) is 5.16 Å².